The molecule has 0 unspecified atom stereocenters. The molecule has 3 aromatic rings. The Morgan fingerprint density at radius 3 is 2.50 bits per heavy atom. The number of aromatic carboxylic acids is 1. The number of carboxylic acids is 1. The second-order valence-corrected chi connectivity index (χ2v) is 5.84. The Morgan fingerprint density at radius 1 is 1.12 bits per heavy atom. The normalized spacial score (nSPS) is 10.7. The van der Waals surface area contributed by atoms with E-state index in [-0.39, 0.29) is 17.0 Å². The number of nitrogens with one attached hydrogen (secondary N) is 2. The van der Waals surface area contributed by atoms with Gasteiger partial charge in [-0.1, -0.05) is 25.1 Å². The van der Waals surface area contributed by atoms with Crippen molar-refractivity contribution in [3.05, 3.63) is 69.6 Å². The maximum absolute atomic E-state index is 12.1. The van der Waals surface area contributed by atoms with Gasteiger partial charge in [0.2, 0.25) is 5.91 Å². The third-order valence-corrected chi connectivity index (χ3v) is 4.04. The molecule has 0 bridgehead atoms. The van der Waals surface area contributed by atoms with E-state index in [2.05, 4.69) is 15.5 Å². The minimum absolute atomic E-state index is 0.131. The highest BCUT2D eigenvalue weighted by molar-refractivity contribution is 5.94. The summed E-state index contributed by atoms with van der Waals surface area (Å²) >= 11 is 0. The number of aromatic nitrogens is 2. The van der Waals surface area contributed by atoms with Crippen LogP contribution in [-0.4, -0.2) is 27.2 Å². The highest BCUT2D eigenvalue weighted by Gasteiger charge is 2.10. The van der Waals surface area contributed by atoms with Gasteiger partial charge >= 0.3 is 5.97 Å². The molecular formula is C19H17N3O4. The van der Waals surface area contributed by atoms with Crippen LogP contribution in [0.25, 0.3) is 10.8 Å². The molecule has 132 valence electrons. The second-order valence-electron chi connectivity index (χ2n) is 5.84. The molecule has 2 aromatic carbocycles. The van der Waals surface area contributed by atoms with E-state index >= 15 is 0 Å². The predicted octanol–water partition coefficient (Wildman–Crippen LogP) is 2.56. The first kappa shape index (κ1) is 17.3. The maximum atomic E-state index is 12.1. The van der Waals surface area contributed by atoms with Crippen molar-refractivity contribution in [3.8, 4) is 0 Å². The van der Waals surface area contributed by atoms with Gasteiger partial charge in [0.15, 0.2) is 0 Å². The first-order valence-electron chi connectivity index (χ1n) is 8.11. The average molecular weight is 351 g/mol. The van der Waals surface area contributed by atoms with Crippen LogP contribution >= 0.6 is 0 Å². The maximum Gasteiger partial charge on any atom is 0.335 e. The highest BCUT2D eigenvalue weighted by Crippen LogP contribution is 2.21. The molecule has 0 saturated heterocycles. The Bertz CT molecular complexity index is 1040. The van der Waals surface area contributed by atoms with Gasteiger partial charge in [0, 0.05) is 23.9 Å². The molecule has 0 aliphatic rings. The lowest BCUT2D eigenvalue weighted by Crippen LogP contribution is -2.13. The molecule has 7 heteroatoms. The molecule has 0 atom stereocenters. The molecule has 7 nitrogen and oxygen atoms in total. The molecule has 0 aliphatic heterocycles. The lowest BCUT2D eigenvalue weighted by Gasteiger charge is -2.08. The number of carbonyl (C=O) groups excluding carboxylic acids is 1. The fourth-order valence-corrected chi connectivity index (χ4v) is 2.64. The van der Waals surface area contributed by atoms with Crippen LogP contribution in [0.15, 0.2) is 47.3 Å². The van der Waals surface area contributed by atoms with E-state index in [1.54, 1.807) is 37.3 Å². The summed E-state index contributed by atoms with van der Waals surface area (Å²) in [6.07, 6.45) is 0.788. The lowest BCUT2D eigenvalue weighted by atomic mass is 10.0. The van der Waals surface area contributed by atoms with Crippen LogP contribution in [-0.2, 0) is 11.2 Å². The van der Waals surface area contributed by atoms with Crippen LogP contribution in [0.1, 0.15) is 35.0 Å². The Labute approximate surface area is 148 Å². The number of amides is 1. The van der Waals surface area contributed by atoms with E-state index in [1.807, 2.05) is 0 Å². The summed E-state index contributed by atoms with van der Waals surface area (Å²) in [5.41, 5.74) is 1.97. The summed E-state index contributed by atoms with van der Waals surface area (Å²) in [6, 6.07) is 11.6. The number of nitrogens with zero attached hydrogens (tertiary/aromatic N) is 1. The molecule has 3 N–H and O–H groups in total. The third-order valence-electron chi connectivity index (χ3n) is 4.04. The summed E-state index contributed by atoms with van der Waals surface area (Å²) in [5.74, 6) is -1.11. The zero-order valence-corrected chi connectivity index (χ0v) is 14.1. The van der Waals surface area contributed by atoms with Gasteiger partial charge in [-0.15, -0.1) is 0 Å². The van der Waals surface area contributed by atoms with Crippen LogP contribution in [0, 0.1) is 0 Å². The molecule has 0 aliphatic carbocycles. The van der Waals surface area contributed by atoms with E-state index in [0.717, 1.165) is 5.56 Å². The molecule has 1 aromatic heterocycles. The average Bonchev–Trinajstić information content (AvgIpc) is 2.64. The van der Waals surface area contributed by atoms with E-state index < -0.39 is 5.97 Å². The van der Waals surface area contributed by atoms with Crippen molar-refractivity contribution in [2.24, 2.45) is 0 Å². The first-order valence-corrected chi connectivity index (χ1v) is 8.11. The smallest absolute Gasteiger partial charge is 0.335 e. The van der Waals surface area contributed by atoms with Gasteiger partial charge in [-0.05, 0) is 29.8 Å². The van der Waals surface area contributed by atoms with Crippen molar-refractivity contribution in [3.63, 3.8) is 0 Å². The zero-order chi connectivity index (χ0) is 18.7. The number of carbonyl (C=O) groups is 2. The van der Waals surface area contributed by atoms with Gasteiger partial charge in [0.1, 0.15) is 0 Å². The van der Waals surface area contributed by atoms with Gasteiger partial charge in [-0.3, -0.25) is 9.59 Å². The molecule has 26 heavy (non-hydrogen) atoms. The van der Waals surface area contributed by atoms with Crippen molar-refractivity contribution in [1.82, 2.24) is 10.2 Å². The third kappa shape index (κ3) is 3.61. The summed E-state index contributed by atoms with van der Waals surface area (Å²) in [6.45, 7) is 1.75. The van der Waals surface area contributed by atoms with Crippen LogP contribution in [0.4, 0.5) is 5.69 Å². The predicted molar refractivity (Wildman–Crippen MR) is 97.5 cm³/mol. The van der Waals surface area contributed by atoms with E-state index in [4.69, 9.17) is 5.11 Å². The molecule has 0 spiro atoms. The fraction of sp³-hybridized carbons (Fsp3) is 0.158. The molecule has 0 fully saturated rings. The minimum atomic E-state index is -0.981. The highest BCUT2D eigenvalue weighted by atomic mass is 16.4. The number of H-pyrrole nitrogens is 1. The van der Waals surface area contributed by atoms with Crippen molar-refractivity contribution < 1.29 is 14.7 Å². The van der Waals surface area contributed by atoms with Gasteiger partial charge in [-0.2, -0.15) is 5.10 Å². The molecule has 0 saturated carbocycles. The van der Waals surface area contributed by atoms with E-state index in [9.17, 15) is 14.4 Å². The number of fused-ring (bicyclic) bond motifs is 1. The summed E-state index contributed by atoms with van der Waals surface area (Å²) in [5, 5.41) is 19.4. The molecule has 0 radical (unpaired) electrons. The topological polar surface area (TPSA) is 112 Å². The Balaban J connectivity index is 1.96. The zero-order valence-electron chi connectivity index (χ0n) is 14.1. The standard InChI is InChI=1S/C19H17N3O4/c1-2-17(23)20-13-7-8-14-15(10-13)18(24)22-21-16(14)9-11-3-5-12(6-4-11)19(25)26/h3-8,10H,2,9H2,1H3,(H,20,23)(H,22,24)(H,25,26). The Morgan fingerprint density at radius 2 is 1.85 bits per heavy atom. The van der Waals surface area contributed by atoms with Crippen molar-refractivity contribution >= 4 is 28.3 Å². The van der Waals surface area contributed by atoms with Crippen LogP contribution in [0.2, 0.25) is 0 Å². The number of hydrogen-bond acceptors (Lipinski definition) is 4. The van der Waals surface area contributed by atoms with Gasteiger partial charge in [-0.25, -0.2) is 9.89 Å². The molecular weight excluding hydrogens is 334 g/mol. The number of aromatic amines is 1. The van der Waals surface area contributed by atoms with Gasteiger partial charge in [0.25, 0.3) is 5.56 Å². The SMILES string of the molecule is CCC(=O)Nc1ccc2c(Cc3ccc(C(=O)O)cc3)n[nH]c(=O)c2c1. The van der Waals surface area contributed by atoms with E-state index in [0.29, 0.717) is 35.0 Å². The Hall–Kier alpha value is -3.48. The van der Waals surface area contributed by atoms with Gasteiger partial charge < -0.3 is 10.4 Å². The first-order chi connectivity index (χ1) is 12.5. The van der Waals surface area contributed by atoms with Crippen LogP contribution in [0.3, 0.4) is 0 Å². The number of rotatable bonds is 5. The molecule has 1 amide bonds. The summed E-state index contributed by atoms with van der Waals surface area (Å²) in [7, 11) is 0. The number of benzene rings is 2. The van der Waals surface area contributed by atoms with Crippen molar-refractivity contribution in [1.29, 1.82) is 0 Å². The molecule has 1 heterocycles. The van der Waals surface area contributed by atoms with Crippen molar-refractivity contribution in [2.45, 2.75) is 19.8 Å². The fourth-order valence-electron chi connectivity index (χ4n) is 2.64. The number of anilines is 1. The monoisotopic (exact) mass is 351 g/mol. The van der Waals surface area contributed by atoms with Crippen LogP contribution < -0.4 is 10.9 Å². The van der Waals surface area contributed by atoms with Crippen molar-refractivity contribution in [2.75, 3.05) is 5.32 Å². The largest absolute Gasteiger partial charge is 0.478 e. The molecule has 3 rings (SSSR count). The summed E-state index contributed by atoms with van der Waals surface area (Å²) < 4.78 is 0. The van der Waals surface area contributed by atoms with E-state index in [1.165, 1.54) is 12.1 Å². The quantitative estimate of drug-likeness (QED) is 0.654. The summed E-state index contributed by atoms with van der Waals surface area (Å²) in [4.78, 5) is 34.6. The number of hydrogen-bond donors (Lipinski definition) is 3. The van der Waals surface area contributed by atoms with Gasteiger partial charge in [0.05, 0.1) is 16.6 Å². The second kappa shape index (κ2) is 7.18. The lowest BCUT2D eigenvalue weighted by molar-refractivity contribution is -0.115. The van der Waals surface area contributed by atoms with Crippen LogP contribution in [0.5, 0.6) is 0 Å². The number of carboxylic acid groups (broad SMARTS) is 1. The minimum Gasteiger partial charge on any atom is -0.478 e. The Kier molecular flexibility index (Phi) is 4.79.